The number of benzene rings is 1. The Morgan fingerprint density at radius 1 is 1.12 bits per heavy atom. The third kappa shape index (κ3) is 4.66. The van der Waals surface area contributed by atoms with Crippen LogP contribution >= 0.6 is 0 Å². The van der Waals surface area contributed by atoms with Gasteiger partial charge in [-0.15, -0.1) is 0 Å². The number of aliphatic hydroxyl groups is 1. The number of alkyl halides is 2. The molecule has 4 heterocycles. The first-order valence-electron chi connectivity index (χ1n) is 13.7. The maximum Gasteiger partial charge on any atom is 0.365 e. The second kappa shape index (κ2) is 10.0. The summed E-state index contributed by atoms with van der Waals surface area (Å²) in [6, 6.07) is 7.38. The fraction of sp³-hybridized carbons (Fsp3) is 0.379. The van der Waals surface area contributed by atoms with Gasteiger partial charge in [0.25, 0.3) is 5.56 Å². The topological polar surface area (TPSA) is 104 Å². The van der Waals surface area contributed by atoms with E-state index in [-0.39, 0.29) is 27.5 Å². The van der Waals surface area contributed by atoms with Crippen molar-refractivity contribution in [2.24, 2.45) is 0 Å². The van der Waals surface area contributed by atoms with Crippen LogP contribution in [0.1, 0.15) is 31.0 Å². The molecule has 214 valence electrons. The van der Waals surface area contributed by atoms with E-state index in [0.717, 1.165) is 42.1 Å². The molecule has 2 N–H and O–H groups in total. The van der Waals surface area contributed by atoms with E-state index in [1.165, 1.54) is 6.20 Å². The number of hydrogen-bond donors (Lipinski definition) is 2. The Labute approximate surface area is 235 Å². The smallest absolute Gasteiger partial charge is 0.365 e. The third-order valence-electron chi connectivity index (χ3n) is 8.13. The number of piperazine rings is 1. The van der Waals surface area contributed by atoms with Crippen LogP contribution in [-0.2, 0) is 18.1 Å². The second-order valence-electron chi connectivity index (χ2n) is 10.7. The second-order valence-corrected chi connectivity index (χ2v) is 10.7. The van der Waals surface area contributed by atoms with Crippen LogP contribution in [-0.4, -0.2) is 67.5 Å². The van der Waals surface area contributed by atoms with Crippen molar-refractivity contribution in [2.75, 3.05) is 43.4 Å². The van der Waals surface area contributed by atoms with E-state index < -0.39 is 17.2 Å². The van der Waals surface area contributed by atoms with Gasteiger partial charge in [-0.3, -0.25) is 4.79 Å². The number of nitrogens with one attached hydrogen (secondary N) is 1. The van der Waals surface area contributed by atoms with Gasteiger partial charge in [-0.25, -0.2) is 14.6 Å². The van der Waals surface area contributed by atoms with Crippen LogP contribution in [0.4, 0.5) is 26.1 Å². The van der Waals surface area contributed by atoms with Gasteiger partial charge in [0.1, 0.15) is 11.0 Å². The van der Waals surface area contributed by atoms with Gasteiger partial charge in [-0.2, -0.15) is 18.4 Å². The van der Waals surface area contributed by atoms with Crippen molar-refractivity contribution in [1.29, 1.82) is 0 Å². The van der Waals surface area contributed by atoms with Crippen molar-refractivity contribution in [2.45, 2.75) is 37.8 Å². The predicted octanol–water partition coefficient (Wildman–Crippen LogP) is 3.75. The summed E-state index contributed by atoms with van der Waals surface area (Å²) in [5, 5.41) is 14.1. The van der Waals surface area contributed by atoms with E-state index in [0.29, 0.717) is 36.7 Å². The fourth-order valence-corrected chi connectivity index (χ4v) is 5.56. The number of halogens is 2. The summed E-state index contributed by atoms with van der Waals surface area (Å²) < 4.78 is 31.6. The molecule has 1 aliphatic carbocycles. The highest BCUT2D eigenvalue weighted by Gasteiger charge is 2.39. The van der Waals surface area contributed by atoms with Gasteiger partial charge in [0.15, 0.2) is 11.5 Å². The maximum absolute atomic E-state index is 15.2. The first-order chi connectivity index (χ1) is 19.6. The SMILES string of the molecule is C=CC(F)(F)n1c(=O)c2cnc(Nc3ccc(N4CCN(C)CC4)cc3)nc2n1-c1ccc2c(n1)[C@@](O)(CC)CC2. The molecule has 0 bridgehead atoms. The maximum atomic E-state index is 15.2. The number of nitrogens with zero attached hydrogens (tertiary/aromatic N) is 7. The number of hydrogen-bond acceptors (Lipinski definition) is 8. The summed E-state index contributed by atoms with van der Waals surface area (Å²) in [4.78, 5) is 31.2. The van der Waals surface area contributed by atoms with Gasteiger partial charge >= 0.3 is 6.05 Å². The van der Waals surface area contributed by atoms with Gasteiger partial charge in [0, 0.05) is 49.8 Å². The molecule has 6 rings (SSSR count). The zero-order valence-corrected chi connectivity index (χ0v) is 23.0. The minimum absolute atomic E-state index is 0.0346. The average Bonchev–Trinajstić information content (AvgIpc) is 3.48. The molecular formula is C29H32F2N8O2. The number of allylic oxidation sites excluding steroid dienone is 1. The minimum atomic E-state index is -3.74. The molecular weight excluding hydrogens is 530 g/mol. The summed E-state index contributed by atoms with van der Waals surface area (Å²) in [5.41, 5.74) is 0.875. The molecule has 1 saturated heterocycles. The molecule has 1 aromatic carbocycles. The number of likely N-dealkylation sites (N-methyl/N-ethyl adjacent to an activating group) is 1. The van der Waals surface area contributed by atoms with Crippen molar-refractivity contribution in [1.82, 2.24) is 29.2 Å². The molecule has 41 heavy (non-hydrogen) atoms. The molecule has 1 fully saturated rings. The predicted molar refractivity (Wildman–Crippen MR) is 153 cm³/mol. The van der Waals surface area contributed by atoms with E-state index >= 15 is 8.78 Å². The molecule has 2 aliphatic rings. The molecule has 0 radical (unpaired) electrons. The highest BCUT2D eigenvalue weighted by molar-refractivity contribution is 5.77. The molecule has 3 aromatic heterocycles. The van der Waals surface area contributed by atoms with Gasteiger partial charge in [-0.05, 0) is 62.2 Å². The first kappa shape index (κ1) is 27.0. The van der Waals surface area contributed by atoms with E-state index in [4.69, 9.17) is 0 Å². The summed E-state index contributed by atoms with van der Waals surface area (Å²) in [6.07, 6.45) is 3.16. The molecule has 1 aliphatic heterocycles. The zero-order chi connectivity index (χ0) is 28.9. The Kier molecular flexibility index (Phi) is 6.62. The van der Waals surface area contributed by atoms with Crippen molar-refractivity contribution >= 4 is 28.4 Å². The lowest BCUT2D eigenvalue weighted by Crippen LogP contribution is -2.44. The number of pyridine rings is 1. The van der Waals surface area contributed by atoms with Crippen LogP contribution in [0, 0.1) is 0 Å². The molecule has 0 amide bonds. The quantitative estimate of drug-likeness (QED) is 0.328. The van der Waals surface area contributed by atoms with Gasteiger partial charge in [-0.1, -0.05) is 19.6 Å². The number of rotatable bonds is 7. The van der Waals surface area contributed by atoms with E-state index in [2.05, 4.69) is 43.7 Å². The Morgan fingerprint density at radius 2 is 1.85 bits per heavy atom. The summed E-state index contributed by atoms with van der Waals surface area (Å²) >= 11 is 0. The van der Waals surface area contributed by atoms with Crippen LogP contribution in [0.25, 0.3) is 16.9 Å². The molecule has 0 unspecified atom stereocenters. The number of aromatic nitrogens is 5. The highest BCUT2D eigenvalue weighted by atomic mass is 19.3. The monoisotopic (exact) mass is 562 g/mol. The largest absolute Gasteiger partial charge is 0.384 e. The Hall–Kier alpha value is -4.16. The van der Waals surface area contributed by atoms with Crippen molar-refractivity contribution in [3.05, 3.63) is 76.9 Å². The summed E-state index contributed by atoms with van der Waals surface area (Å²) in [6.45, 7) is 8.96. The number of fused-ring (bicyclic) bond motifs is 2. The van der Waals surface area contributed by atoms with Gasteiger partial charge < -0.3 is 20.2 Å². The molecule has 12 heteroatoms. The lowest BCUT2D eigenvalue weighted by Gasteiger charge is -2.34. The van der Waals surface area contributed by atoms with Crippen LogP contribution in [0.3, 0.4) is 0 Å². The highest BCUT2D eigenvalue weighted by Crippen LogP contribution is 2.39. The lowest BCUT2D eigenvalue weighted by molar-refractivity contribution is -0.0478. The van der Waals surface area contributed by atoms with Crippen LogP contribution < -0.4 is 15.8 Å². The molecule has 0 spiro atoms. The minimum Gasteiger partial charge on any atom is -0.384 e. The zero-order valence-electron chi connectivity index (χ0n) is 23.0. The normalized spacial score (nSPS) is 19.5. The van der Waals surface area contributed by atoms with E-state index in [9.17, 15) is 9.90 Å². The van der Waals surface area contributed by atoms with Crippen molar-refractivity contribution < 1.29 is 13.9 Å². The summed E-state index contributed by atoms with van der Waals surface area (Å²) in [5.74, 6) is 0.163. The molecule has 1 atom stereocenters. The third-order valence-corrected chi connectivity index (χ3v) is 8.13. The first-order valence-corrected chi connectivity index (χ1v) is 13.7. The van der Waals surface area contributed by atoms with Crippen molar-refractivity contribution in [3.63, 3.8) is 0 Å². The van der Waals surface area contributed by atoms with Gasteiger partial charge in [0.2, 0.25) is 5.95 Å². The van der Waals surface area contributed by atoms with Gasteiger partial charge in [0.05, 0.1) is 5.69 Å². The standard InChI is InChI=1S/C29H32F2N8O2/c1-4-28(41)13-12-19-6-11-23(34-24(19)28)38-25-22(26(40)39(38)29(30,31)5-2)18-32-27(35-25)33-20-7-9-21(10-8-20)37-16-14-36(3)15-17-37/h5-11,18,41H,2,4,12-17H2,1,3H3,(H,32,33,35)/t28-/m1/s1. The Bertz CT molecular complexity index is 1670. The van der Waals surface area contributed by atoms with E-state index in [1.807, 2.05) is 31.2 Å². The molecule has 10 nitrogen and oxygen atoms in total. The lowest BCUT2D eigenvalue weighted by atomic mass is 9.98. The Balaban J connectivity index is 1.41. The fourth-order valence-electron chi connectivity index (χ4n) is 5.56. The van der Waals surface area contributed by atoms with Crippen molar-refractivity contribution in [3.8, 4) is 5.82 Å². The molecule has 4 aromatic rings. The average molecular weight is 563 g/mol. The Morgan fingerprint density at radius 3 is 2.54 bits per heavy atom. The van der Waals surface area contributed by atoms with Crippen LogP contribution in [0.2, 0.25) is 0 Å². The van der Waals surface area contributed by atoms with Crippen LogP contribution in [0.5, 0.6) is 0 Å². The van der Waals surface area contributed by atoms with E-state index in [1.54, 1.807) is 12.1 Å². The number of anilines is 3. The molecule has 0 saturated carbocycles. The summed E-state index contributed by atoms with van der Waals surface area (Å²) in [7, 11) is 2.11. The van der Waals surface area contributed by atoms with Crippen LogP contribution in [0.15, 0.2) is 60.0 Å². The number of aryl methyl sites for hydroxylation is 1.